The third-order valence-corrected chi connectivity index (χ3v) is 7.12. The number of sulfonamides is 1. The zero-order chi connectivity index (χ0) is 18.4. The second kappa shape index (κ2) is 6.59. The maximum absolute atomic E-state index is 13.3. The van der Waals surface area contributed by atoms with Crippen molar-refractivity contribution in [3.63, 3.8) is 0 Å². The standard InChI is InChI=1S/C16H16ClFN2O3S2/c1-8-2-4-10-13(6-8)24-16(14(10)15(19)21)20-25(22,23)9-3-5-12(18)11(17)7-9/h3,5,7-8,20H,2,4,6H2,1H3,(H2,19,21)/t8-/m0/s1. The van der Waals surface area contributed by atoms with E-state index in [9.17, 15) is 17.6 Å². The van der Waals surface area contributed by atoms with Crippen LogP contribution >= 0.6 is 22.9 Å². The number of halogens is 2. The van der Waals surface area contributed by atoms with Crippen LogP contribution in [-0.2, 0) is 22.9 Å². The number of carbonyl (C=O) groups is 1. The largest absolute Gasteiger partial charge is 0.365 e. The van der Waals surface area contributed by atoms with Gasteiger partial charge in [-0.05, 0) is 48.9 Å². The summed E-state index contributed by atoms with van der Waals surface area (Å²) in [6, 6.07) is 3.12. The first kappa shape index (κ1) is 18.2. The molecule has 0 unspecified atom stereocenters. The highest BCUT2D eigenvalue weighted by atomic mass is 35.5. The molecule has 0 aliphatic heterocycles. The van der Waals surface area contributed by atoms with E-state index in [1.54, 1.807) is 0 Å². The molecule has 0 bridgehead atoms. The number of nitrogens with one attached hydrogen (secondary N) is 1. The van der Waals surface area contributed by atoms with Crippen LogP contribution in [0.25, 0.3) is 0 Å². The maximum atomic E-state index is 13.3. The molecule has 1 aromatic carbocycles. The molecule has 0 radical (unpaired) electrons. The normalized spacial score (nSPS) is 17.2. The number of benzene rings is 1. The average Bonchev–Trinajstić information content (AvgIpc) is 2.85. The highest BCUT2D eigenvalue weighted by molar-refractivity contribution is 7.93. The Balaban J connectivity index is 2.02. The quantitative estimate of drug-likeness (QED) is 0.819. The molecule has 1 atom stereocenters. The summed E-state index contributed by atoms with van der Waals surface area (Å²) >= 11 is 6.89. The van der Waals surface area contributed by atoms with Gasteiger partial charge in [-0.25, -0.2) is 12.8 Å². The van der Waals surface area contributed by atoms with Crippen molar-refractivity contribution in [2.24, 2.45) is 11.7 Å². The van der Waals surface area contributed by atoms with Crippen molar-refractivity contribution >= 4 is 43.9 Å². The van der Waals surface area contributed by atoms with Gasteiger partial charge in [0.05, 0.1) is 15.5 Å². The Morgan fingerprint density at radius 1 is 1.44 bits per heavy atom. The summed E-state index contributed by atoms with van der Waals surface area (Å²) in [5, 5.41) is -0.0932. The van der Waals surface area contributed by atoms with Crippen molar-refractivity contribution in [3.05, 3.63) is 45.0 Å². The highest BCUT2D eigenvalue weighted by Crippen LogP contribution is 2.40. The summed E-state index contributed by atoms with van der Waals surface area (Å²) in [7, 11) is -4.02. The van der Waals surface area contributed by atoms with Crippen molar-refractivity contribution in [1.29, 1.82) is 0 Å². The molecule has 0 saturated heterocycles. The smallest absolute Gasteiger partial charge is 0.262 e. The molecular formula is C16H16ClFN2O3S2. The molecule has 3 N–H and O–H groups in total. The van der Waals surface area contributed by atoms with E-state index in [4.69, 9.17) is 17.3 Å². The molecule has 1 aliphatic rings. The molecule has 1 heterocycles. The lowest BCUT2D eigenvalue weighted by Crippen LogP contribution is -2.19. The molecule has 1 amide bonds. The van der Waals surface area contributed by atoms with Crippen LogP contribution in [0.5, 0.6) is 0 Å². The van der Waals surface area contributed by atoms with E-state index in [1.807, 2.05) is 0 Å². The van der Waals surface area contributed by atoms with Crippen LogP contribution in [0.15, 0.2) is 23.1 Å². The number of hydrogen-bond donors (Lipinski definition) is 2. The van der Waals surface area contributed by atoms with Gasteiger partial charge in [-0.1, -0.05) is 18.5 Å². The Bertz CT molecular complexity index is 957. The van der Waals surface area contributed by atoms with Crippen LogP contribution < -0.4 is 10.5 Å². The molecule has 0 saturated carbocycles. The summed E-state index contributed by atoms with van der Waals surface area (Å²) in [6.07, 6.45) is 2.39. The van der Waals surface area contributed by atoms with Crippen molar-refractivity contribution < 1.29 is 17.6 Å². The van der Waals surface area contributed by atoms with Crippen LogP contribution in [-0.4, -0.2) is 14.3 Å². The Hall–Kier alpha value is -1.64. The molecule has 134 valence electrons. The Labute approximate surface area is 154 Å². The molecule has 3 rings (SSSR count). The van der Waals surface area contributed by atoms with E-state index in [0.717, 1.165) is 41.5 Å². The van der Waals surface area contributed by atoms with Gasteiger partial charge in [0.2, 0.25) is 0 Å². The molecule has 0 spiro atoms. The molecule has 1 aliphatic carbocycles. The third-order valence-electron chi connectivity index (χ3n) is 4.19. The number of amides is 1. The molecule has 2 aromatic rings. The van der Waals surface area contributed by atoms with Gasteiger partial charge in [-0.3, -0.25) is 9.52 Å². The Morgan fingerprint density at radius 3 is 2.80 bits per heavy atom. The number of nitrogens with two attached hydrogens (primary N) is 1. The van der Waals surface area contributed by atoms with Gasteiger partial charge in [-0.2, -0.15) is 0 Å². The van der Waals surface area contributed by atoms with Gasteiger partial charge in [-0.15, -0.1) is 11.3 Å². The molecule has 1 aromatic heterocycles. The van der Waals surface area contributed by atoms with Crippen LogP contribution in [0, 0.1) is 11.7 Å². The van der Waals surface area contributed by atoms with Gasteiger partial charge in [0.1, 0.15) is 10.8 Å². The lowest BCUT2D eigenvalue weighted by Gasteiger charge is -2.18. The number of rotatable bonds is 4. The monoisotopic (exact) mass is 402 g/mol. The lowest BCUT2D eigenvalue weighted by molar-refractivity contribution is 0.100. The first-order chi connectivity index (χ1) is 11.7. The summed E-state index contributed by atoms with van der Waals surface area (Å²) in [5.74, 6) is -0.909. The zero-order valence-electron chi connectivity index (χ0n) is 13.3. The number of thiophene rings is 1. The van der Waals surface area contributed by atoms with Gasteiger partial charge in [0.15, 0.2) is 0 Å². The van der Waals surface area contributed by atoms with Crippen molar-refractivity contribution in [2.75, 3.05) is 4.72 Å². The minimum Gasteiger partial charge on any atom is -0.365 e. The fraction of sp³-hybridized carbons (Fsp3) is 0.312. The lowest BCUT2D eigenvalue weighted by atomic mass is 9.88. The van der Waals surface area contributed by atoms with Crippen LogP contribution in [0.2, 0.25) is 5.02 Å². The summed E-state index contributed by atoms with van der Waals surface area (Å²) in [4.78, 5) is 12.7. The maximum Gasteiger partial charge on any atom is 0.262 e. The van der Waals surface area contributed by atoms with E-state index < -0.39 is 21.7 Å². The fourth-order valence-corrected chi connectivity index (χ4v) is 5.90. The first-order valence-corrected chi connectivity index (χ1v) is 10.3. The molecule has 9 heteroatoms. The number of hydrogen-bond acceptors (Lipinski definition) is 4. The second-order valence-corrected chi connectivity index (χ2v) is 9.30. The van der Waals surface area contributed by atoms with Gasteiger partial charge in [0, 0.05) is 4.88 Å². The number of anilines is 1. The predicted octanol–water partition coefficient (Wildman–Crippen LogP) is 3.57. The molecule has 5 nitrogen and oxygen atoms in total. The van der Waals surface area contributed by atoms with Crippen LogP contribution in [0.1, 0.15) is 34.1 Å². The first-order valence-electron chi connectivity index (χ1n) is 7.61. The van der Waals surface area contributed by atoms with Crippen LogP contribution in [0.3, 0.4) is 0 Å². The molecule has 0 fully saturated rings. The third kappa shape index (κ3) is 3.51. The minimum atomic E-state index is -4.02. The topological polar surface area (TPSA) is 89.3 Å². The van der Waals surface area contributed by atoms with Gasteiger partial charge >= 0.3 is 0 Å². The predicted molar refractivity (Wildman–Crippen MR) is 96.2 cm³/mol. The Kier molecular flexibility index (Phi) is 4.78. The minimum absolute atomic E-state index is 0.186. The molecular weight excluding hydrogens is 387 g/mol. The Morgan fingerprint density at radius 2 is 2.16 bits per heavy atom. The van der Waals surface area contributed by atoms with E-state index in [1.165, 1.54) is 11.3 Å². The van der Waals surface area contributed by atoms with Crippen molar-refractivity contribution in [2.45, 2.75) is 31.1 Å². The van der Waals surface area contributed by atoms with E-state index in [2.05, 4.69) is 11.6 Å². The van der Waals surface area contributed by atoms with Gasteiger partial charge in [0.25, 0.3) is 15.9 Å². The number of fused-ring (bicyclic) bond motifs is 1. The fourth-order valence-electron chi connectivity index (χ4n) is 2.91. The van der Waals surface area contributed by atoms with Crippen LogP contribution in [0.4, 0.5) is 9.39 Å². The summed E-state index contributed by atoms with van der Waals surface area (Å²) in [6.45, 7) is 2.11. The zero-order valence-corrected chi connectivity index (χ0v) is 15.7. The van der Waals surface area contributed by atoms with Gasteiger partial charge < -0.3 is 5.73 Å². The van der Waals surface area contributed by atoms with Crippen molar-refractivity contribution in [3.8, 4) is 0 Å². The average molecular weight is 403 g/mol. The molecule has 25 heavy (non-hydrogen) atoms. The van der Waals surface area contributed by atoms with E-state index >= 15 is 0 Å². The van der Waals surface area contributed by atoms with E-state index in [-0.39, 0.29) is 20.5 Å². The number of carbonyl (C=O) groups excluding carboxylic acids is 1. The van der Waals surface area contributed by atoms with Crippen molar-refractivity contribution in [1.82, 2.24) is 0 Å². The highest BCUT2D eigenvalue weighted by Gasteiger charge is 2.29. The summed E-state index contributed by atoms with van der Waals surface area (Å²) < 4.78 is 40.8. The number of primary amides is 1. The van der Waals surface area contributed by atoms with E-state index in [0.29, 0.717) is 12.3 Å². The summed E-state index contributed by atoms with van der Waals surface area (Å²) in [5.41, 5.74) is 6.53. The SMILES string of the molecule is C[C@H]1CCc2c(sc(NS(=O)(=O)c3ccc(F)c(Cl)c3)c2C(N)=O)C1. The second-order valence-electron chi connectivity index (χ2n) is 6.10.